The van der Waals surface area contributed by atoms with Gasteiger partial charge in [0.05, 0.1) is 33.1 Å². The quantitative estimate of drug-likeness (QED) is 0.152. The van der Waals surface area contributed by atoms with Crippen LogP contribution in [0.1, 0.15) is 0 Å². The maximum atomic E-state index is 2.42. The van der Waals surface area contributed by atoms with E-state index >= 15 is 0 Å². The van der Waals surface area contributed by atoms with Gasteiger partial charge in [0.25, 0.3) is 0 Å². The molecular weight excluding hydrogens is 835 g/mol. The van der Waals surface area contributed by atoms with Crippen molar-refractivity contribution in [2.24, 2.45) is 0 Å². The molecule has 0 saturated heterocycles. The van der Waals surface area contributed by atoms with E-state index in [0.29, 0.717) is 0 Å². The van der Waals surface area contributed by atoms with Crippen LogP contribution in [0.15, 0.2) is 261 Å². The average molecular weight is 878 g/mol. The van der Waals surface area contributed by atoms with Gasteiger partial charge >= 0.3 is 0 Å². The molecular formula is C66H43N3. The third-order valence-electron chi connectivity index (χ3n) is 14.2. The molecule has 69 heavy (non-hydrogen) atoms. The molecule has 14 rings (SSSR count). The van der Waals surface area contributed by atoms with Crippen molar-refractivity contribution in [3.05, 3.63) is 261 Å². The number of para-hydroxylation sites is 3. The lowest BCUT2D eigenvalue weighted by Gasteiger charge is -2.09. The first-order valence-corrected chi connectivity index (χ1v) is 23.7. The number of hydrogen-bond donors (Lipinski definition) is 0. The minimum atomic E-state index is 1.15. The van der Waals surface area contributed by atoms with E-state index in [1.807, 2.05) is 0 Å². The third kappa shape index (κ3) is 6.36. The van der Waals surface area contributed by atoms with Crippen molar-refractivity contribution < 1.29 is 0 Å². The fourth-order valence-corrected chi connectivity index (χ4v) is 11.0. The second kappa shape index (κ2) is 15.7. The molecule has 11 aromatic carbocycles. The van der Waals surface area contributed by atoms with Crippen molar-refractivity contribution in [3.8, 4) is 61.6 Å². The van der Waals surface area contributed by atoms with Gasteiger partial charge in [-0.05, 0) is 154 Å². The number of nitrogens with zero attached hydrogens (tertiary/aromatic N) is 3. The largest absolute Gasteiger partial charge is 0.309 e. The van der Waals surface area contributed by atoms with Crippen LogP contribution in [0.5, 0.6) is 0 Å². The number of rotatable bonds is 7. The Bertz CT molecular complexity index is 4000. The fourth-order valence-electron chi connectivity index (χ4n) is 11.0. The van der Waals surface area contributed by atoms with Gasteiger partial charge in [0, 0.05) is 49.4 Å². The molecule has 0 fully saturated rings. The molecule has 3 heteroatoms. The van der Waals surface area contributed by atoms with Gasteiger partial charge in [-0.2, -0.15) is 0 Å². The molecule has 3 aromatic heterocycles. The van der Waals surface area contributed by atoms with Gasteiger partial charge in [-0.15, -0.1) is 0 Å². The SMILES string of the molecule is c1ccc(-c2ccc3c(c2)c2cc(-c4ccc5c(c4)c4cc(-c6ccc7c(c6)c6cc(-c8ccccc8)ccc6n7-c6ccccc6)ccc4n5-c4ccccc4)ccc2n3-c2ccccc2)cc1. The van der Waals surface area contributed by atoms with Gasteiger partial charge in [0.1, 0.15) is 0 Å². The van der Waals surface area contributed by atoms with Crippen molar-refractivity contribution in [1.29, 1.82) is 0 Å². The maximum absolute atomic E-state index is 2.42. The molecule has 0 amide bonds. The molecule has 322 valence electrons. The Labute approximate surface area is 399 Å². The van der Waals surface area contributed by atoms with E-state index in [1.165, 1.54) is 110 Å². The topological polar surface area (TPSA) is 14.8 Å². The van der Waals surface area contributed by atoms with Crippen LogP contribution in [0.2, 0.25) is 0 Å². The first-order valence-electron chi connectivity index (χ1n) is 23.7. The van der Waals surface area contributed by atoms with Crippen LogP contribution in [0.25, 0.3) is 127 Å². The molecule has 0 aliphatic carbocycles. The summed E-state index contributed by atoms with van der Waals surface area (Å²) in [5.41, 5.74) is 20.2. The van der Waals surface area contributed by atoms with Crippen LogP contribution in [0.3, 0.4) is 0 Å². The Balaban J connectivity index is 0.956. The first kappa shape index (κ1) is 39.0. The van der Waals surface area contributed by atoms with Gasteiger partial charge in [-0.25, -0.2) is 0 Å². The van der Waals surface area contributed by atoms with Gasteiger partial charge in [-0.3, -0.25) is 0 Å². The molecule has 0 radical (unpaired) electrons. The molecule has 0 aliphatic heterocycles. The molecule has 0 N–H and O–H groups in total. The lowest BCUT2D eigenvalue weighted by atomic mass is 9.98. The summed E-state index contributed by atoms with van der Waals surface area (Å²) < 4.78 is 7.22. The Morgan fingerprint density at radius 1 is 0.159 bits per heavy atom. The number of benzene rings is 11. The summed E-state index contributed by atoms with van der Waals surface area (Å²) in [5, 5.41) is 7.39. The summed E-state index contributed by atoms with van der Waals surface area (Å²) in [6.07, 6.45) is 0. The number of hydrogen-bond acceptors (Lipinski definition) is 0. The lowest BCUT2D eigenvalue weighted by Crippen LogP contribution is -1.93. The number of fused-ring (bicyclic) bond motifs is 9. The summed E-state index contributed by atoms with van der Waals surface area (Å²) in [6, 6.07) is 95.5. The maximum Gasteiger partial charge on any atom is 0.0541 e. The van der Waals surface area contributed by atoms with Crippen molar-refractivity contribution in [2.75, 3.05) is 0 Å². The van der Waals surface area contributed by atoms with Crippen LogP contribution in [-0.4, -0.2) is 13.7 Å². The normalized spacial score (nSPS) is 11.8. The predicted molar refractivity (Wildman–Crippen MR) is 291 cm³/mol. The average Bonchev–Trinajstić information content (AvgIpc) is 4.06. The van der Waals surface area contributed by atoms with E-state index in [9.17, 15) is 0 Å². The highest BCUT2D eigenvalue weighted by Gasteiger charge is 2.19. The minimum absolute atomic E-state index is 1.15. The zero-order chi connectivity index (χ0) is 45.4. The second-order valence-electron chi connectivity index (χ2n) is 18.1. The van der Waals surface area contributed by atoms with Crippen molar-refractivity contribution in [3.63, 3.8) is 0 Å². The monoisotopic (exact) mass is 877 g/mol. The summed E-state index contributed by atoms with van der Waals surface area (Å²) in [6.45, 7) is 0. The van der Waals surface area contributed by atoms with E-state index in [2.05, 4.69) is 275 Å². The fraction of sp³-hybridized carbons (Fsp3) is 0. The van der Waals surface area contributed by atoms with Crippen molar-refractivity contribution in [1.82, 2.24) is 13.7 Å². The summed E-state index contributed by atoms with van der Waals surface area (Å²) >= 11 is 0. The van der Waals surface area contributed by atoms with E-state index < -0.39 is 0 Å². The predicted octanol–water partition coefficient (Wildman–Crippen LogP) is 17.6. The Hall–Kier alpha value is -9.18. The molecule has 3 heterocycles. The molecule has 0 spiro atoms. The van der Waals surface area contributed by atoms with E-state index in [4.69, 9.17) is 0 Å². The highest BCUT2D eigenvalue weighted by Crippen LogP contribution is 2.42. The van der Waals surface area contributed by atoms with Gasteiger partial charge < -0.3 is 13.7 Å². The molecule has 0 atom stereocenters. The lowest BCUT2D eigenvalue weighted by molar-refractivity contribution is 1.18. The Morgan fingerprint density at radius 3 is 0.565 bits per heavy atom. The smallest absolute Gasteiger partial charge is 0.0541 e. The third-order valence-corrected chi connectivity index (χ3v) is 14.2. The highest BCUT2D eigenvalue weighted by molar-refractivity contribution is 6.15. The highest BCUT2D eigenvalue weighted by atomic mass is 15.0. The zero-order valence-electron chi connectivity index (χ0n) is 37.7. The van der Waals surface area contributed by atoms with Crippen LogP contribution in [0.4, 0.5) is 0 Å². The molecule has 0 saturated carbocycles. The minimum Gasteiger partial charge on any atom is -0.309 e. The standard InChI is InChI=1S/C66H43N3/c1-6-16-44(17-7-1)46-26-32-61-55(38-46)57-40-48(28-34-63(57)67(61)52-20-10-3-11-21-52)50-30-36-65-59(42-50)60-43-51(31-37-66(60)69(65)54-24-14-5-15-25-54)49-29-35-64-58(41-49)56-39-47(45-18-8-2-9-19-45)27-33-62(56)68(64)53-22-12-4-13-23-53/h1-43H. The molecule has 0 bridgehead atoms. The van der Waals surface area contributed by atoms with Crippen LogP contribution >= 0.6 is 0 Å². The Kier molecular flexibility index (Phi) is 8.90. The van der Waals surface area contributed by atoms with Crippen LogP contribution in [0, 0.1) is 0 Å². The van der Waals surface area contributed by atoms with E-state index in [0.717, 1.165) is 17.1 Å². The van der Waals surface area contributed by atoms with Gasteiger partial charge in [0.15, 0.2) is 0 Å². The van der Waals surface area contributed by atoms with E-state index in [1.54, 1.807) is 0 Å². The van der Waals surface area contributed by atoms with Gasteiger partial charge in [0.2, 0.25) is 0 Å². The first-order chi connectivity index (χ1) is 34.2. The van der Waals surface area contributed by atoms with E-state index in [-0.39, 0.29) is 0 Å². The second-order valence-corrected chi connectivity index (χ2v) is 18.1. The molecule has 14 aromatic rings. The summed E-state index contributed by atoms with van der Waals surface area (Å²) in [7, 11) is 0. The van der Waals surface area contributed by atoms with Crippen LogP contribution < -0.4 is 0 Å². The molecule has 3 nitrogen and oxygen atoms in total. The van der Waals surface area contributed by atoms with Crippen molar-refractivity contribution >= 4 is 65.4 Å². The number of aromatic nitrogens is 3. The Morgan fingerprint density at radius 2 is 0.348 bits per heavy atom. The zero-order valence-corrected chi connectivity index (χ0v) is 37.7. The summed E-state index contributed by atoms with van der Waals surface area (Å²) in [4.78, 5) is 0. The molecule has 0 unspecified atom stereocenters. The van der Waals surface area contributed by atoms with Crippen LogP contribution in [-0.2, 0) is 0 Å². The summed E-state index contributed by atoms with van der Waals surface area (Å²) in [5.74, 6) is 0. The van der Waals surface area contributed by atoms with Crippen molar-refractivity contribution in [2.45, 2.75) is 0 Å². The molecule has 0 aliphatic rings. The van der Waals surface area contributed by atoms with Gasteiger partial charge in [-0.1, -0.05) is 152 Å².